The van der Waals surface area contributed by atoms with Gasteiger partial charge in [-0.05, 0) is 0 Å². The third-order valence-electron chi connectivity index (χ3n) is 1.89. The van der Waals surface area contributed by atoms with Crippen molar-refractivity contribution in [2.45, 2.75) is 12.2 Å². The maximum absolute atomic E-state index is 4.39. The van der Waals surface area contributed by atoms with Crippen LogP contribution in [0.1, 0.15) is 5.56 Å². The molecule has 0 amide bonds. The van der Waals surface area contributed by atoms with Crippen molar-refractivity contribution in [3.05, 3.63) is 29.8 Å². The third-order valence-corrected chi connectivity index (χ3v) is 3.76. The molecule has 1 aliphatic heterocycles. The molecule has 0 unspecified atom stereocenters. The van der Waals surface area contributed by atoms with Gasteiger partial charge in [0.25, 0.3) is 0 Å². The predicted octanol–water partition coefficient (Wildman–Crippen LogP) is 1.90. The summed E-state index contributed by atoms with van der Waals surface area (Å²) in [5, 5.41) is 4.60. The zero-order valence-corrected chi connectivity index (χ0v) is 9.29. The van der Waals surface area contributed by atoms with Crippen LogP contribution in [0.2, 0.25) is 5.32 Å². The summed E-state index contributed by atoms with van der Waals surface area (Å²) >= 11 is 0.574. The molecule has 1 aliphatic rings. The zero-order chi connectivity index (χ0) is 9.10. The number of nitrogens with zero attached hydrogens (tertiary/aromatic N) is 1. The monoisotopic (exact) mass is 240 g/mol. The normalized spacial score (nSPS) is 15.6. The summed E-state index contributed by atoms with van der Waals surface area (Å²) in [4.78, 5) is 4.39. The van der Waals surface area contributed by atoms with E-state index < -0.39 is 0 Å². The molecule has 0 spiro atoms. The van der Waals surface area contributed by atoms with Crippen molar-refractivity contribution in [1.82, 2.24) is 0 Å². The number of rotatable bonds is 1. The molecule has 13 heavy (non-hydrogen) atoms. The van der Waals surface area contributed by atoms with Gasteiger partial charge in [-0.2, -0.15) is 0 Å². The fraction of sp³-hybridized carbons (Fsp3) is 0.300. The molecule has 0 bridgehead atoms. The van der Waals surface area contributed by atoms with Crippen molar-refractivity contribution in [3.8, 4) is 0 Å². The van der Waals surface area contributed by atoms with Crippen LogP contribution in [0.3, 0.4) is 0 Å². The Balaban J connectivity index is 2.05. The molecule has 0 radical (unpaired) electrons. The summed E-state index contributed by atoms with van der Waals surface area (Å²) in [6.07, 6.45) is 0. The van der Waals surface area contributed by atoms with Gasteiger partial charge in [0.05, 0.1) is 0 Å². The van der Waals surface area contributed by atoms with E-state index in [0.29, 0.717) is 15.0 Å². The van der Waals surface area contributed by atoms with Crippen molar-refractivity contribution in [2.75, 3.05) is 11.9 Å². The second kappa shape index (κ2) is 3.95. The molecule has 2 nitrogen and oxygen atoms in total. The van der Waals surface area contributed by atoms with E-state index in [0.717, 1.165) is 12.2 Å². The van der Waals surface area contributed by atoms with Gasteiger partial charge < -0.3 is 0 Å². The Hall–Kier alpha value is -0.791. The Kier molecular flexibility index (Phi) is 2.67. The van der Waals surface area contributed by atoms with Gasteiger partial charge in [0.1, 0.15) is 0 Å². The van der Waals surface area contributed by atoms with E-state index >= 15 is 0 Å². The second-order valence-corrected chi connectivity index (χ2v) is 5.30. The molecule has 1 N–H and O–H groups in total. The topological polar surface area (TPSA) is 24.4 Å². The van der Waals surface area contributed by atoms with Crippen LogP contribution in [0.15, 0.2) is 29.3 Å². The van der Waals surface area contributed by atoms with Crippen molar-refractivity contribution in [3.63, 3.8) is 0 Å². The van der Waals surface area contributed by atoms with Crippen LogP contribution in [-0.2, 0) is 0 Å². The molecule has 0 fully saturated rings. The van der Waals surface area contributed by atoms with Gasteiger partial charge in [0, 0.05) is 0 Å². The average molecular weight is 239 g/mol. The van der Waals surface area contributed by atoms with E-state index in [1.165, 1.54) is 15.6 Å². The number of hydrogen-bond acceptors (Lipinski definition) is 2. The Morgan fingerprint density at radius 3 is 2.69 bits per heavy atom. The first kappa shape index (κ1) is 8.79. The van der Waals surface area contributed by atoms with E-state index in [2.05, 4.69) is 41.5 Å². The third kappa shape index (κ3) is 2.33. The van der Waals surface area contributed by atoms with E-state index in [1.54, 1.807) is 0 Å². The number of hydrogen-bond donors (Lipinski definition) is 1. The first-order valence-corrected chi connectivity index (χ1v) is 6.42. The molecule has 1 aromatic carbocycles. The van der Waals surface area contributed by atoms with E-state index in [-0.39, 0.29) is 0 Å². The quantitative estimate of drug-likeness (QED) is 0.744. The van der Waals surface area contributed by atoms with E-state index in [9.17, 15) is 0 Å². The fourth-order valence-corrected chi connectivity index (χ4v) is 2.74. The van der Waals surface area contributed by atoms with Crippen LogP contribution in [0.4, 0.5) is 5.69 Å². The van der Waals surface area contributed by atoms with Crippen molar-refractivity contribution in [2.24, 2.45) is 4.99 Å². The number of amidine groups is 1. The van der Waals surface area contributed by atoms with Gasteiger partial charge in [-0.15, -0.1) is 0 Å². The number of aryl methyl sites for hydroxylation is 1. The van der Waals surface area contributed by atoms with Crippen LogP contribution < -0.4 is 5.32 Å². The number of aliphatic imine (C=N–C) groups is 1. The molecule has 0 aliphatic carbocycles. The predicted molar refractivity (Wildman–Crippen MR) is 57.7 cm³/mol. The molecule has 3 heteroatoms. The summed E-state index contributed by atoms with van der Waals surface area (Å²) in [6.45, 7) is 3.11. The molecule has 1 heterocycles. The van der Waals surface area contributed by atoms with Crippen LogP contribution >= 0.6 is 0 Å². The van der Waals surface area contributed by atoms with Crippen LogP contribution in [0.5, 0.6) is 0 Å². The molecule has 0 saturated heterocycles. The molecule has 68 valence electrons. The minimum atomic E-state index is 0.574. The fourth-order valence-electron chi connectivity index (χ4n) is 1.17. The number of nitrogens with one attached hydrogen (secondary N) is 1. The van der Waals surface area contributed by atoms with Gasteiger partial charge in [-0.25, -0.2) is 0 Å². The Morgan fingerprint density at radius 2 is 2.08 bits per heavy atom. The van der Waals surface area contributed by atoms with Gasteiger partial charge in [-0.1, -0.05) is 0 Å². The number of benzene rings is 1. The molecule has 0 aromatic heterocycles. The van der Waals surface area contributed by atoms with Crippen LogP contribution in [0, 0.1) is 6.92 Å². The molecule has 2 rings (SSSR count). The summed E-state index contributed by atoms with van der Waals surface area (Å²) < 4.78 is 1.19. The number of anilines is 1. The average Bonchev–Trinajstić information content (AvgIpc) is 2.62. The van der Waals surface area contributed by atoms with Gasteiger partial charge >= 0.3 is 84.3 Å². The van der Waals surface area contributed by atoms with Gasteiger partial charge in [-0.3, -0.25) is 0 Å². The van der Waals surface area contributed by atoms with E-state index in [1.807, 2.05) is 0 Å². The first-order chi connectivity index (χ1) is 6.34. The molecule has 1 aromatic rings. The van der Waals surface area contributed by atoms with Crippen molar-refractivity contribution in [1.29, 1.82) is 0 Å². The zero-order valence-electron chi connectivity index (χ0n) is 7.58. The van der Waals surface area contributed by atoms with Gasteiger partial charge in [0.15, 0.2) is 0 Å². The van der Waals surface area contributed by atoms with Gasteiger partial charge in [0.2, 0.25) is 0 Å². The summed E-state index contributed by atoms with van der Waals surface area (Å²) in [5.74, 6) is 0. The van der Waals surface area contributed by atoms with Crippen LogP contribution in [-0.4, -0.2) is 26.2 Å². The molecular formula is C10H12N2Se. The SMILES string of the molecule is Cc1ccc(NC2=NCC[Se]2)cc1. The van der Waals surface area contributed by atoms with Crippen molar-refractivity contribution >= 4 is 25.4 Å². The summed E-state index contributed by atoms with van der Waals surface area (Å²) in [7, 11) is 0. The van der Waals surface area contributed by atoms with Crippen LogP contribution in [0.25, 0.3) is 0 Å². The Bertz CT molecular complexity index is 316. The minimum absolute atomic E-state index is 0.574. The second-order valence-electron chi connectivity index (χ2n) is 3.03. The standard InChI is InChI=1S/C10H12N2Se/c1-8-2-4-9(5-3-8)12-10-11-6-7-13-10/h2-5H,6-7H2,1H3,(H,11,12). The Morgan fingerprint density at radius 1 is 1.31 bits per heavy atom. The summed E-state index contributed by atoms with van der Waals surface area (Å²) in [6, 6.07) is 8.44. The van der Waals surface area contributed by atoms with Crippen molar-refractivity contribution < 1.29 is 0 Å². The molecule has 0 saturated carbocycles. The van der Waals surface area contributed by atoms with E-state index in [4.69, 9.17) is 0 Å². The maximum atomic E-state index is 4.39. The molecule has 0 atom stereocenters. The molecular weight excluding hydrogens is 227 g/mol. The first-order valence-electron chi connectivity index (χ1n) is 4.35. The summed E-state index contributed by atoms with van der Waals surface area (Å²) in [5.41, 5.74) is 2.46. The Labute approximate surface area is 84.6 Å².